The third kappa shape index (κ3) is 4.45. The second-order valence-electron chi connectivity index (χ2n) is 6.98. The second-order valence-corrected chi connectivity index (χ2v) is 7.39. The van der Waals surface area contributed by atoms with Crippen molar-refractivity contribution in [3.05, 3.63) is 59.5 Å². The first-order valence-corrected chi connectivity index (χ1v) is 9.68. The van der Waals surface area contributed by atoms with Crippen molar-refractivity contribution < 1.29 is 22.6 Å². The number of hydrogen-bond donors (Lipinski definition) is 2. The van der Waals surface area contributed by atoms with Gasteiger partial charge in [-0.25, -0.2) is 4.98 Å². The number of halogens is 4. The Hall–Kier alpha value is -2.55. The minimum absolute atomic E-state index is 0.0940. The van der Waals surface area contributed by atoms with E-state index in [2.05, 4.69) is 20.0 Å². The van der Waals surface area contributed by atoms with Crippen LogP contribution in [0.1, 0.15) is 18.3 Å². The van der Waals surface area contributed by atoms with E-state index >= 15 is 0 Å². The topological polar surface area (TPSA) is 59.2 Å². The molecule has 5 nitrogen and oxygen atoms in total. The molecule has 1 saturated heterocycles. The van der Waals surface area contributed by atoms with Crippen molar-refractivity contribution in [2.24, 2.45) is 0 Å². The SMILES string of the molecule is CO[C@@H]1CN[C@H](c2ncc(-c3ccc(-c4cccc(Cl)c4OC(F)(F)F)cc3)[nH]2)C1. The van der Waals surface area contributed by atoms with Crippen molar-refractivity contribution in [2.75, 3.05) is 13.7 Å². The maximum Gasteiger partial charge on any atom is 0.573 e. The number of methoxy groups -OCH3 is 1. The monoisotopic (exact) mass is 437 g/mol. The Morgan fingerprint density at radius 1 is 1.10 bits per heavy atom. The van der Waals surface area contributed by atoms with Crippen molar-refractivity contribution in [3.8, 4) is 28.1 Å². The van der Waals surface area contributed by atoms with E-state index in [9.17, 15) is 13.2 Å². The quantitative estimate of drug-likeness (QED) is 0.565. The summed E-state index contributed by atoms with van der Waals surface area (Å²) in [6.07, 6.45) is -2.10. The standard InChI is InChI=1S/C21H19ClF3N3O2/c1-29-14-9-17(26-10-14)20-27-11-18(28-20)13-7-5-12(6-8-13)15-3-2-4-16(22)19(15)30-21(23,24)25/h2-8,11,14,17,26H,9-10H2,1H3,(H,27,28)/t14-,17-/m0/s1. The first-order valence-electron chi connectivity index (χ1n) is 9.30. The van der Waals surface area contributed by atoms with Gasteiger partial charge in [0.1, 0.15) is 5.82 Å². The number of aromatic nitrogens is 2. The van der Waals surface area contributed by atoms with Crippen LogP contribution in [-0.2, 0) is 4.74 Å². The molecule has 30 heavy (non-hydrogen) atoms. The number of aromatic amines is 1. The smallest absolute Gasteiger partial charge is 0.404 e. The van der Waals surface area contributed by atoms with Crippen LogP contribution >= 0.6 is 11.6 Å². The Balaban J connectivity index is 1.57. The van der Waals surface area contributed by atoms with Crippen LogP contribution in [0.3, 0.4) is 0 Å². The molecule has 3 aromatic rings. The molecule has 158 valence electrons. The Kier molecular flexibility index (Phi) is 5.73. The summed E-state index contributed by atoms with van der Waals surface area (Å²) in [6, 6.07) is 11.6. The Morgan fingerprint density at radius 2 is 1.83 bits per heavy atom. The maximum absolute atomic E-state index is 12.8. The van der Waals surface area contributed by atoms with Crippen molar-refractivity contribution in [1.29, 1.82) is 0 Å². The zero-order valence-corrected chi connectivity index (χ0v) is 16.7. The van der Waals surface area contributed by atoms with Gasteiger partial charge in [-0.3, -0.25) is 0 Å². The van der Waals surface area contributed by atoms with Crippen LogP contribution in [0.2, 0.25) is 5.02 Å². The van der Waals surface area contributed by atoms with Gasteiger partial charge < -0.3 is 19.8 Å². The molecule has 1 fully saturated rings. The molecule has 0 saturated carbocycles. The van der Waals surface area contributed by atoms with Gasteiger partial charge in [-0.2, -0.15) is 0 Å². The van der Waals surface area contributed by atoms with Crippen LogP contribution in [0.4, 0.5) is 13.2 Å². The number of para-hydroxylation sites is 1. The lowest BCUT2D eigenvalue weighted by Gasteiger charge is -2.15. The highest BCUT2D eigenvalue weighted by Crippen LogP contribution is 2.39. The zero-order valence-electron chi connectivity index (χ0n) is 16.0. The molecular formula is C21H19ClF3N3O2. The number of alkyl halides is 3. The number of nitrogens with zero attached hydrogens (tertiary/aromatic N) is 1. The van der Waals surface area contributed by atoms with Gasteiger partial charge in [-0.15, -0.1) is 13.2 Å². The van der Waals surface area contributed by atoms with Crippen LogP contribution in [-0.4, -0.2) is 36.1 Å². The Labute approximate surface area is 176 Å². The molecule has 0 spiro atoms. The van der Waals surface area contributed by atoms with E-state index in [1.807, 2.05) is 12.1 Å². The fraction of sp³-hybridized carbons (Fsp3) is 0.286. The summed E-state index contributed by atoms with van der Waals surface area (Å²) in [5.74, 6) is 0.410. The van der Waals surface area contributed by atoms with E-state index in [0.717, 1.165) is 30.0 Å². The van der Waals surface area contributed by atoms with Crippen molar-refractivity contribution in [2.45, 2.75) is 24.9 Å². The molecule has 2 atom stereocenters. The summed E-state index contributed by atoms with van der Waals surface area (Å²) in [5, 5.41) is 3.26. The predicted octanol–water partition coefficient (Wildman–Crippen LogP) is 5.35. The maximum atomic E-state index is 12.8. The van der Waals surface area contributed by atoms with E-state index in [-0.39, 0.29) is 22.7 Å². The molecule has 2 aromatic carbocycles. The van der Waals surface area contributed by atoms with Gasteiger partial charge >= 0.3 is 6.36 Å². The van der Waals surface area contributed by atoms with Gasteiger partial charge in [0, 0.05) is 19.2 Å². The van der Waals surface area contributed by atoms with Crippen LogP contribution in [0.15, 0.2) is 48.7 Å². The van der Waals surface area contributed by atoms with Crippen molar-refractivity contribution in [1.82, 2.24) is 15.3 Å². The Bertz CT molecular complexity index is 1020. The molecule has 9 heteroatoms. The molecule has 0 unspecified atom stereocenters. The van der Waals surface area contributed by atoms with E-state index in [0.29, 0.717) is 5.56 Å². The molecule has 0 bridgehead atoms. The summed E-state index contributed by atoms with van der Waals surface area (Å²) in [6.45, 7) is 0.772. The van der Waals surface area contributed by atoms with E-state index in [1.165, 1.54) is 12.1 Å². The zero-order chi connectivity index (χ0) is 21.3. The number of rotatable bonds is 5. The van der Waals surface area contributed by atoms with Crippen LogP contribution in [0.25, 0.3) is 22.4 Å². The molecule has 2 heterocycles. The van der Waals surface area contributed by atoms with Gasteiger partial charge in [0.15, 0.2) is 5.75 Å². The number of nitrogens with one attached hydrogen (secondary N) is 2. The average molecular weight is 438 g/mol. The summed E-state index contributed by atoms with van der Waals surface area (Å²) in [7, 11) is 1.69. The van der Waals surface area contributed by atoms with E-state index in [1.54, 1.807) is 31.5 Å². The van der Waals surface area contributed by atoms with Crippen LogP contribution < -0.4 is 10.1 Å². The second kappa shape index (κ2) is 8.29. The molecule has 0 radical (unpaired) electrons. The molecule has 1 aromatic heterocycles. The molecular weight excluding hydrogens is 419 g/mol. The third-order valence-corrected chi connectivity index (χ3v) is 5.34. The van der Waals surface area contributed by atoms with Gasteiger partial charge in [-0.05, 0) is 23.6 Å². The van der Waals surface area contributed by atoms with Gasteiger partial charge in [0.2, 0.25) is 0 Å². The average Bonchev–Trinajstić information content (AvgIpc) is 3.38. The van der Waals surface area contributed by atoms with Crippen molar-refractivity contribution in [3.63, 3.8) is 0 Å². The van der Waals surface area contributed by atoms with Crippen LogP contribution in [0.5, 0.6) is 5.75 Å². The molecule has 2 N–H and O–H groups in total. The summed E-state index contributed by atoms with van der Waals surface area (Å²) in [5.41, 5.74) is 2.49. The third-order valence-electron chi connectivity index (χ3n) is 5.04. The lowest BCUT2D eigenvalue weighted by molar-refractivity contribution is -0.274. The molecule has 1 aliphatic heterocycles. The van der Waals surface area contributed by atoms with Gasteiger partial charge in [0.05, 0.1) is 29.1 Å². The molecule has 1 aliphatic rings. The molecule has 0 aliphatic carbocycles. The van der Waals surface area contributed by atoms with Gasteiger partial charge in [0.25, 0.3) is 0 Å². The van der Waals surface area contributed by atoms with E-state index < -0.39 is 12.1 Å². The number of H-pyrrole nitrogens is 1. The number of ether oxygens (including phenoxy) is 2. The minimum atomic E-state index is -4.83. The Morgan fingerprint density at radius 3 is 2.50 bits per heavy atom. The number of benzene rings is 2. The highest BCUT2D eigenvalue weighted by atomic mass is 35.5. The fourth-order valence-electron chi connectivity index (χ4n) is 3.54. The molecule has 0 amide bonds. The number of hydrogen-bond acceptors (Lipinski definition) is 4. The summed E-state index contributed by atoms with van der Waals surface area (Å²) in [4.78, 5) is 7.76. The molecule has 4 rings (SSSR count). The predicted molar refractivity (Wildman–Crippen MR) is 107 cm³/mol. The summed E-state index contributed by atoms with van der Waals surface area (Å²) >= 11 is 5.95. The van der Waals surface area contributed by atoms with Gasteiger partial charge in [-0.1, -0.05) is 48.0 Å². The minimum Gasteiger partial charge on any atom is -0.404 e. The normalized spacial score (nSPS) is 19.2. The fourth-order valence-corrected chi connectivity index (χ4v) is 3.75. The van der Waals surface area contributed by atoms with Crippen LogP contribution in [0, 0.1) is 0 Å². The first-order chi connectivity index (χ1) is 14.3. The highest BCUT2D eigenvalue weighted by molar-refractivity contribution is 6.32. The van der Waals surface area contributed by atoms with Crippen molar-refractivity contribution >= 4 is 11.6 Å². The number of imidazole rings is 1. The van der Waals surface area contributed by atoms with E-state index in [4.69, 9.17) is 16.3 Å². The lowest BCUT2D eigenvalue weighted by Crippen LogP contribution is -2.18. The lowest BCUT2D eigenvalue weighted by atomic mass is 10.0. The summed E-state index contributed by atoms with van der Waals surface area (Å²) < 4.78 is 47.8. The largest absolute Gasteiger partial charge is 0.573 e. The first kappa shape index (κ1) is 20.7. The highest BCUT2D eigenvalue weighted by Gasteiger charge is 2.33.